The third-order valence-corrected chi connectivity index (χ3v) is 1.89. The zero-order chi connectivity index (χ0) is 10.8. The highest BCUT2D eigenvalue weighted by molar-refractivity contribution is 5.99. The summed E-state index contributed by atoms with van der Waals surface area (Å²) in [5.74, 6) is -1.86. The summed E-state index contributed by atoms with van der Waals surface area (Å²) in [5, 5.41) is 0. The highest BCUT2D eigenvalue weighted by Crippen LogP contribution is 2.08. The maximum Gasteiger partial charge on any atom is 0.333 e. The zero-order valence-electron chi connectivity index (χ0n) is 7.63. The van der Waals surface area contributed by atoms with Crippen LogP contribution in [0.5, 0.6) is 0 Å². The largest absolute Gasteiger partial charge is 0.459 e. The Hall–Kier alpha value is -2.11. The smallest absolute Gasteiger partial charge is 0.333 e. The first-order chi connectivity index (χ1) is 7.16. The molecule has 0 N–H and O–H groups in total. The Kier molecular flexibility index (Phi) is 2.24. The molecule has 6 nitrogen and oxygen atoms in total. The number of morpholine rings is 1. The number of nitrogens with zero attached hydrogens (tertiary/aromatic N) is 1. The third kappa shape index (κ3) is 1.88. The minimum absolute atomic E-state index is 0.0949. The van der Waals surface area contributed by atoms with Gasteiger partial charge in [0.25, 0.3) is 5.91 Å². The molecule has 2 heterocycles. The molecule has 0 radical (unpaired) electrons. The van der Waals surface area contributed by atoms with Crippen LogP contribution in [0.15, 0.2) is 22.8 Å². The number of carbonyl (C=O) groups is 3. The molecule has 1 aromatic heterocycles. The molecule has 0 spiro atoms. The molecule has 1 aliphatic heterocycles. The van der Waals surface area contributed by atoms with Gasteiger partial charge >= 0.3 is 11.9 Å². The monoisotopic (exact) mass is 209 g/mol. The van der Waals surface area contributed by atoms with E-state index in [-0.39, 0.29) is 18.8 Å². The molecule has 2 rings (SSSR count). The van der Waals surface area contributed by atoms with Crippen molar-refractivity contribution in [3.63, 3.8) is 0 Å². The van der Waals surface area contributed by atoms with Gasteiger partial charge in [0.2, 0.25) is 0 Å². The van der Waals surface area contributed by atoms with Gasteiger partial charge in [0.1, 0.15) is 13.1 Å². The minimum Gasteiger partial charge on any atom is -0.459 e. The molecular formula is C9H7NO5. The van der Waals surface area contributed by atoms with E-state index in [1.165, 1.54) is 12.3 Å². The van der Waals surface area contributed by atoms with Crippen LogP contribution in [0.1, 0.15) is 10.6 Å². The summed E-state index contributed by atoms with van der Waals surface area (Å²) >= 11 is 0. The van der Waals surface area contributed by atoms with E-state index in [0.29, 0.717) is 0 Å². The van der Waals surface area contributed by atoms with Crippen LogP contribution >= 0.6 is 0 Å². The van der Waals surface area contributed by atoms with E-state index in [9.17, 15) is 14.4 Å². The van der Waals surface area contributed by atoms with Gasteiger partial charge in [-0.3, -0.25) is 4.79 Å². The summed E-state index contributed by atoms with van der Waals surface area (Å²) in [4.78, 5) is 34.5. The molecule has 0 aromatic carbocycles. The number of furan rings is 1. The molecule has 0 aliphatic carbocycles. The van der Waals surface area contributed by atoms with E-state index in [0.717, 1.165) is 4.90 Å². The number of esters is 2. The van der Waals surface area contributed by atoms with Crippen LogP contribution in [-0.4, -0.2) is 35.8 Å². The van der Waals surface area contributed by atoms with Crippen LogP contribution in [0.25, 0.3) is 0 Å². The Bertz CT molecular complexity index is 392. The van der Waals surface area contributed by atoms with Crippen molar-refractivity contribution in [3.8, 4) is 0 Å². The van der Waals surface area contributed by atoms with Crippen LogP contribution in [-0.2, 0) is 14.3 Å². The quantitative estimate of drug-likeness (QED) is 0.473. The normalized spacial score (nSPS) is 16.4. The van der Waals surface area contributed by atoms with Crippen molar-refractivity contribution in [1.82, 2.24) is 4.90 Å². The van der Waals surface area contributed by atoms with Crippen LogP contribution < -0.4 is 0 Å². The first-order valence-electron chi connectivity index (χ1n) is 4.23. The van der Waals surface area contributed by atoms with Crippen molar-refractivity contribution >= 4 is 17.8 Å². The molecule has 78 valence electrons. The van der Waals surface area contributed by atoms with Gasteiger partial charge in [-0.2, -0.15) is 0 Å². The molecule has 0 saturated carbocycles. The lowest BCUT2D eigenvalue weighted by Crippen LogP contribution is -2.45. The highest BCUT2D eigenvalue weighted by Gasteiger charge is 2.30. The van der Waals surface area contributed by atoms with Gasteiger partial charge in [-0.15, -0.1) is 0 Å². The number of amides is 1. The maximum atomic E-state index is 11.6. The molecule has 6 heteroatoms. The molecule has 15 heavy (non-hydrogen) atoms. The second-order valence-corrected chi connectivity index (χ2v) is 2.98. The number of hydrogen-bond acceptors (Lipinski definition) is 5. The lowest BCUT2D eigenvalue weighted by molar-refractivity contribution is -0.165. The fourth-order valence-electron chi connectivity index (χ4n) is 1.26. The number of carbonyl (C=O) groups excluding carboxylic acids is 3. The summed E-state index contributed by atoms with van der Waals surface area (Å²) in [6.07, 6.45) is 1.34. The Morgan fingerprint density at radius 1 is 1.27 bits per heavy atom. The lowest BCUT2D eigenvalue weighted by Gasteiger charge is -2.23. The Morgan fingerprint density at radius 3 is 2.47 bits per heavy atom. The Morgan fingerprint density at radius 2 is 1.93 bits per heavy atom. The van der Waals surface area contributed by atoms with E-state index in [2.05, 4.69) is 4.74 Å². The fraction of sp³-hybridized carbons (Fsp3) is 0.222. The molecular weight excluding hydrogens is 202 g/mol. The molecule has 1 saturated heterocycles. The van der Waals surface area contributed by atoms with Crippen molar-refractivity contribution in [2.24, 2.45) is 0 Å². The second kappa shape index (κ2) is 3.56. The number of ether oxygens (including phenoxy) is 1. The lowest BCUT2D eigenvalue weighted by atomic mass is 10.3. The minimum atomic E-state index is -0.730. The van der Waals surface area contributed by atoms with Gasteiger partial charge in [0.15, 0.2) is 5.76 Å². The van der Waals surface area contributed by atoms with E-state index >= 15 is 0 Å². The standard InChI is InChI=1S/C9H7NO5/c11-7-4-10(5-8(12)15-7)9(13)6-2-1-3-14-6/h1-3H,4-5H2. The van der Waals surface area contributed by atoms with Crippen molar-refractivity contribution < 1.29 is 23.5 Å². The van der Waals surface area contributed by atoms with Gasteiger partial charge in [-0.25, -0.2) is 9.59 Å². The predicted octanol–water partition coefficient (Wildman–Crippen LogP) is -0.195. The van der Waals surface area contributed by atoms with Crippen molar-refractivity contribution in [1.29, 1.82) is 0 Å². The Balaban J connectivity index is 2.14. The van der Waals surface area contributed by atoms with Crippen LogP contribution in [0.3, 0.4) is 0 Å². The summed E-state index contributed by atoms with van der Waals surface area (Å²) in [6, 6.07) is 3.02. The second-order valence-electron chi connectivity index (χ2n) is 2.98. The number of cyclic esters (lactones) is 2. The molecule has 1 fully saturated rings. The topological polar surface area (TPSA) is 76.8 Å². The van der Waals surface area contributed by atoms with E-state index < -0.39 is 17.8 Å². The molecule has 1 aliphatic rings. The van der Waals surface area contributed by atoms with Gasteiger partial charge in [-0.1, -0.05) is 0 Å². The predicted molar refractivity (Wildman–Crippen MR) is 45.7 cm³/mol. The SMILES string of the molecule is O=C1CN(C(=O)c2ccco2)CC(=O)O1. The van der Waals surface area contributed by atoms with Crippen molar-refractivity contribution in [3.05, 3.63) is 24.2 Å². The maximum absolute atomic E-state index is 11.6. The Labute approximate surface area is 84.4 Å². The summed E-state index contributed by atoms with van der Waals surface area (Å²) in [5.41, 5.74) is 0. The van der Waals surface area contributed by atoms with E-state index in [4.69, 9.17) is 4.42 Å². The number of rotatable bonds is 1. The average Bonchev–Trinajstić information content (AvgIpc) is 2.67. The average molecular weight is 209 g/mol. The molecule has 0 atom stereocenters. The zero-order valence-corrected chi connectivity index (χ0v) is 7.63. The van der Waals surface area contributed by atoms with Crippen LogP contribution in [0.2, 0.25) is 0 Å². The van der Waals surface area contributed by atoms with Gasteiger partial charge in [0.05, 0.1) is 6.26 Å². The van der Waals surface area contributed by atoms with Gasteiger partial charge < -0.3 is 14.1 Å². The van der Waals surface area contributed by atoms with Crippen molar-refractivity contribution in [2.75, 3.05) is 13.1 Å². The van der Waals surface area contributed by atoms with Gasteiger partial charge in [0, 0.05) is 0 Å². The van der Waals surface area contributed by atoms with Gasteiger partial charge in [-0.05, 0) is 12.1 Å². The van der Waals surface area contributed by atoms with Crippen LogP contribution in [0.4, 0.5) is 0 Å². The first kappa shape index (κ1) is 9.45. The highest BCUT2D eigenvalue weighted by atomic mass is 16.6. The molecule has 1 aromatic rings. The van der Waals surface area contributed by atoms with Crippen molar-refractivity contribution in [2.45, 2.75) is 0 Å². The number of hydrogen-bond donors (Lipinski definition) is 0. The van der Waals surface area contributed by atoms with Crippen LogP contribution in [0, 0.1) is 0 Å². The third-order valence-electron chi connectivity index (χ3n) is 1.89. The first-order valence-corrected chi connectivity index (χ1v) is 4.23. The summed E-state index contributed by atoms with van der Waals surface area (Å²) in [6.45, 7) is -0.462. The summed E-state index contributed by atoms with van der Waals surface area (Å²) in [7, 11) is 0. The van der Waals surface area contributed by atoms with E-state index in [1.54, 1.807) is 6.07 Å². The molecule has 1 amide bonds. The molecule has 0 bridgehead atoms. The molecule has 0 unspecified atom stereocenters. The fourth-order valence-corrected chi connectivity index (χ4v) is 1.26. The van der Waals surface area contributed by atoms with E-state index in [1.807, 2.05) is 0 Å². The summed E-state index contributed by atoms with van der Waals surface area (Å²) < 4.78 is 9.15.